The molecule has 0 radical (unpaired) electrons. The summed E-state index contributed by atoms with van der Waals surface area (Å²) in [6.45, 7) is 5.56. The van der Waals surface area contributed by atoms with Gasteiger partial charge in [0.2, 0.25) is 0 Å². The molecule has 1 aliphatic rings. The van der Waals surface area contributed by atoms with Crippen LogP contribution in [-0.2, 0) is 4.74 Å². The molecule has 3 aromatic rings. The zero-order valence-corrected chi connectivity index (χ0v) is 12.7. The molecule has 0 aliphatic carbocycles. The van der Waals surface area contributed by atoms with Gasteiger partial charge in [-0.2, -0.15) is 0 Å². The van der Waals surface area contributed by atoms with Crippen molar-refractivity contribution in [3.8, 4) is 11.1 Å². The Morgan fingerprint density at radius 1 is 1.09 bits per heavy atom. The largest absolute Gasteiger partial charge is 0.378 e. The maximum Gasteiger partial charge on any atom is 0.114 e. The maximum atomic E-state index is 5.47. The Morgan fingerprint density at radius 3 is 2.64 bits per heavy atom. The van der Waals surface area contributed by atoms with Crippen LogP contribution in [0.3, 0.4) is 0 Å². The number of hydrogen-bond donors (Lipinski definition) is 0. The molecular weight excluding hydrogens is 274 g/mol. The minimum absolute atomic E-state index is 0.790. The van der Waals surface area contributed by atoms with Crippen LogP contribution in [-0.4, -0.2) is 35.7 Å². The molecule has 4 rings (SSSR count). The number of rotatable bonds is 2. The standard InChI is InChI=1S/C18H19N3O/c1-14-2-4-15(5-3-14)16-12-18(20-8-10-22-11-9-20)21-7-6-19-13-17(16)21/h2-7,12-13H,8-11H2,1H3. The lowest BCUT2D eigenvalue weighted by Crippen LogP contribution is -2.36. The summed E-state index contributed by atoms with van der Waals surface area (Å²) in [5, 5.41) is 0. The van der Waals surface area contributed by atoms with Crippen molar-refractivity contribution in [2.24, 2.45) is 0 Å². The highest BCUT2D eigenvalue weighted by Gasteiger charge is 2.18. The molecule has 4 heteroatoms. The highest BCUT2D eigenvalue weighted by molar-refractivity contribution is 5.84. The number of anilines is 1. The molecule has 1 aliphatic heterocycles. The van der Waals surface area contributed by atoms with Crippen molar-refractivity contribution in [3.63, 3.8) is 0 Å². The summed E-state index contributed by atoms with van der Waals surface area (Å²) >= 11 is 0. The summed E-state index contributed by atoms with van der Waals surface area (Å²) in [5.41, 5.74) is 4.89. The molecule has 1 fully saturated rings. The van der Waals surface area contributed by atoms with Gasteiger partial charge in [-0.25, -0.2) is 0 Å². The summed E-state index contributed by atoms with van der Waals surface area (Å²) in [6, 6.07) is 10.9. The zero-order chi connectivity index (χ0) is 14.9. The summed E-state index contributed by atoms with van der Waals surface area (Å²) < 4.78 is 7.70. The average Bonchev–Trinajstić information content (AvgIpc) is 2.96. The first kappa shape index (κ1) is 13.3. The van der Waals surface area contributed by atoms with E-state index in [1.54, 1.807) is 0 Å². The fourth-order valence-electron chi connectivity index (χ4n) is 3.03. The van der Waals surface area contributed by atoms with Crippen molar-refractivity contribution in [3.05, 3.63) is 54.5 Å². The lowest BCUT2D eigenvalue weighted by Gasteiger charge is -2.28. The average molecular weight is 293 g/mol. The Balaban J connectivity index is 1.86. The van der Waals surface area contributed by atoms with E-state index in [0.29, 0.717) is 0 Å². The van der Waals surface area contributed by atoms with Gasteiger partial charge in [-0.3, -0.25) is 9.38 Å². The number of nitrogens with zero attached hydrogens (tertiary/aromatic N) is 3. The van der Waals surface area contributed by atoms with E-state index < -0.39 is 0 Å². The van der Waals surface area contributed by atoms with Gasteiger partial charge in [-0.1, -0.05) is 29.8 Å². The fourth-order valence-corrected chi connectivity index (χ4v) is 3.03. The zero-order valence-electron chi connectivity index (χ0n) is 12.7. The predicted molar refractivity (Wildman–Crippen MR) is 88.4 cm³/mol. The van der Waals surface area contributed by atoms with Crippen LogP contribution in [0.1, 0.15) is 5.56 Å². The van der Waals surface area contributed by atoms with Gasteiger partial charge in [0.25, 0.3) is 0 Å². The molecule has 0 bridgehead atoms. The Kier molecular flexibility index (Phi) is 3.31. The first-order valence-corrected chi connectivity index (χ1v) is 7.68. The maximum absolute atomic E-state index is 5.47. The van der Waals surface area contributed by atoms with Crippen LogP contribution < -0.4 is 4.90 Å². The van der Waals surface area contributed by atoms with Crippen LogP contribution in [0.5, 0.6) is 0 Å². The number of morpholine rings is 1. The van der Waals surface area contributed by atoms with Crippen LogP contribution in [0.2, 0.25) is 0 Å². The van der Waals surface area contributed by atoms with E-state index in [0.717, 1.165) is 31.8 Å². The second-order valence-corrected chi connectivity index (χ2v) is 5.71. The van der Waals surface area contributed by atoms with Gasteiger partial charge in [0.1, 0.15) is 5.82 Å². The highest BCUT2D eigenvalue weighted by Crippen LogP contribution is 2.32. The predicted octanol–water partition coefficient (Wildman–Crippen LogP) is 3.15. The van der Waals surface area contributed by atoms with Crippen LogP contribution in [0, 0.1) is 6.92 Å². The Labute approximate surface area is 130 Å². The third kappa shape index (κ3) is 2.25. The lowest BCUT2D eigenvalue weighted by molar-refractivity contribution is 0.122. The van der Waals surface area contributed by atoms with E-state index in [4.69, 9.17) is 4.74 Å². The van der Waals surface area contributed by atoms with Crippen molar-refractivity contribution in [2.75, 3.05) is 31.2 Å². The lowest BCUT2D eigenvalue weighted by atomic mass is 10.1. The smallest absolute Gasteiger partial charge is 0.114 e. The molecule has 22 heavy (non-hydrogen) atoms. The van der Waals surface area contributed by atoms with Gasteiger partial charge < -0.3 is 9.64 Å². The number of ether oxygens (including phenoxy) is 1. The molecule has 0 amide bonds. The molecule has 0 unspecified atom stereocenters. The minimum Gasteiger partial charge on any atom is -0.378 e. The summed E-state index contributed by atoms with van der Waals surface area (Å²) in [4.78, 5) is 6.69. The number of fused-ring (bicyclic) bond motifs is 1. The van der Waals surface area contributed by atoms with E-state index in [9.17, 15) is 0 Å². The van der Waals surface area contributed by atoms with E-state index in [1.807, 2.05) is 18.6 Å². The van der Waals surface area contributed by atoms with Gasteiger partial charge in [0.15, 0.2) is 0 Å². The monoisotopic (exact) mass is 293 g/mol. The first-order valence-electron chi connectivity index (χ1n) is 7.68. The van der Waals surface area contributed by atoms with Gasteiger partial charge in [-0.15, -0.1) is 0 Å². The molecule has 0 saturated carbocycles. The van der Waals surface area contributed by atoms with E-state index in [1.165, 1.54) is 22.5 Å². The quantitative estimate of drug-likeness (QED) is 0.727. The molecular formula is C18H19N3O. The van der Waals surface area contributed by atoms with Gasteiger partial charge >= 0.3 is 0 Å². The van der Waals surface area contributed by atoms with E-state index in [-0.39, 0.29) is 0 Å². The van der Waals surface area contributed by atoms with E-state index >= 15 is 0 Å². The van der Waals surface area contributed by atoms with Crippen molar-refractivity contribution >= 4 is 11.3 Å². The molecule has 1 aromatic carbocycles. The van der Waals surface area contributed by atoms with E-state index in [2.05, 4.69) is 51.5 Å². The SMILES string of the molecule is Cc1ccc(-c2cc(N3CCOCC3)n3ccncc23)cc1. The molecule has 1 saturated heterocycles. The van der Waals surface area contributed by atoms with Crippen LogP contribution in [0.4, 0.5) is 5.82 Å². The molecule has 3 heterocycles. The third-order valence-electron chi connectivity index (χ3n) is 4.25. The van der Waals surface area contributed by atoms with Gasteiger partial charge in [0, 0.05) is 31.0 Å². The third-order valence-corrected chi connectivity index (χ3v) is 4.25. The topological polar surface area (TPSA) is 29.8 Å². The summed E-state index contributed by atoms with van der Waals surface area (Å²) in [5.74, 6) is 1.22. The molecule has 4 nitrogen and oxygen atoms in total. The van der Waals surface area contributed by atoms with Crippen LogP contribution in [0.15, 0.2) is 48.9 Å². The number of aromatic nitrogens is 2. The van der Waals surface area contributed by atoms with Gasteiger partial charge in [0.05, 0.1) is 24.9 Å². The van der Waals surface area contributed by atoms with Crippen LogP contribution in [0.25, 0.3) is 16.6 Å². The normalized spacial score (nSPS) is 15.4. The van der Waals surface area contributed by atoms with Crippen molar-refractivity contribution in [2.45, 2.75) is 6.92 Å². The Hall–Kier alpha value is -2.33. The Morgan fingerprint density at radius 2 is 1.86 bits per heavy atom. The second-order valence-electron chi connectivity index (χ2n) is 5.71. The fraction of sp³-hybridized carbons (Fsp3) is 0.278. The number of hydrogen-bond acceptors (Lipinski definition) is 3. The number of aryl methyl sites for hydroxylation is 1. The van der Waals surface area contributed by atoms with Crippen molar-refractivity contribution in [1.29, 1.82) is 0 Å². The van der Waals surface area contributed by atoms with Crippen LogP contribution >= 0.6 is 0 Å². The molecule has 112 valence electrons. The summed E-state index contributed by atoms with van der Waals surface area (Å²) in [6.07, 6.45) is 5.83. The highest BCUT2D eigenvalue weighted by atomic mass is 16.5. The van der Waals surface area contributed by atoms with Crippen molar-refractivity contribution in [1.82, 2.24) is 9.38 Å². The number of benzene rings is 1. The molecule has 0 atom stereocenters. The molecule has 2 aromatic heterocycles. The van der Waals surface area contributed by atoms with Crippen molar-refractivity contribution < 1.29 is 4.74 Å². The minimum atomic E-state index is 0.790. The van der Waals surface area contributed by atoms with Gasteiger partial charge in [-0.05, 0) is 18.6 Å². The second kappa shape index (κ2) is 5.46. The first-order chi connectivity index (χ1) is 10.8. The molecule has 0 N–H and O–H groups in total. The summed E-state index contributed by atoms with van der Waals surface area (Å²) in [7, 11) is 0. The Bertz CT molecular complexity index is 786. The molecule has 0 spiro atoms.